The molecule has 0 saturated carbocycles. The lowest BCUT2D eigenvalue weighted by Gasteiger charge is -2.28. The van der Waals surface area contributed by atoms with Gasteiger partial charge in [0.15, 0.2) is 0 Å². The van der Waals surface area contributed by atoms with Gasteiger partial charge in [-0.1, -0.05) is 0 Å². The average Bonchev–Trinajstić information content (AvgIpc) is 2.29. The Hall–Kier alpha value is -2.02. The number of benzene rings is 1. The third kappa shape index (κ3) is 3.49. The molecule has 0 aliphatic carbocycles. The lowest BCUT2D eigenvalue weighted by atomic mass is 10.1. The summed E-state index contributed by atoms with van der Waals surface area (Å²) in [7, 11) is 0. The fraction of sp³-hybridized carbons (Fsp3) is 0.385. The summed E-state index contributed by atoms with van der Waals surface area (Å²) < 4.78 is 0. The van der Waals surface area contributed by atoms with Crippen LogP contribution in [0.5, 0.6) is 0 Å². The number of carboxylic acid groups (broad SMARTS) is 1. The molecule has 0 heterocycles. The number of hydrogen-bond donors (Lipinski definition) is 1. The van der Waals surface area contributed by atoms with E-state index in [1.165, 1.54) is 0 Å². The van der Waals surface area contributed by atoms with Gasteiger partial charge in [-0.2, -0.15) is 5.26 Å². The molecule has 0 aromatic heterocycles. The van der Waals surface area contributed by atoms with Crippen molar-refractivity contribution in [2.45, 2.75) is 26.3 Å². The number of rotatable bonds is 5. The van der Waals surface area contributed by atoms with Gasteiger partial charge >= 0.3 is 5.97 Å². The summed E-state index contributed by atoms with van der Waals surface area (Å²) in [5.74, 6) is -0.926. The number of carbonyl (C=O) groups is 1. The maximum absolute atomic E-state index is 10.7. The van der Waals surface area contributed by atoms with Crippen molar-refractivity contribution in [1.82, 2.24) is 0 Å². The van der Waals surface area contributed by atoms with Crippen molar-refractivity contribution in [1.29, 1.82) is 5.26 Å². The average molecular weight is 232 g/mol. The topological polar surface area (TPSA) is 64.3 Å². The van der Waals surface area contributed by atoms with E-state index in [0.29, 0.717) is 13.0 Å². The molecule has 0 saturated heterocycles. The number of nitrogens with zero attached hydrogens (tertiary/aromatic N) is 2. The van der Waals surface area contributed by atoms with Gasteiger partial charge in [-0.15, -0.1) is 0 Å². The predicted molar refractivity (Wildman–Crippen MR) is 66.1 cm³/mol. The molecule has 1 rings (SSSR count). The number of carboxylic acids is 1. The van der Waals surface area contributed by atoms with Gasteiger partial charge in [0.2, 0.25) is 0 Å². The normalized spacial score (nSPS) is 10.0. The molecule has 0 unspecified atom stereocenters. The summed E-state index contributed by atoms with van der Waals surface area (Å²) >= 11 is 0. The first-order valence-electron chi connectivity index (χ1n) is 5.53. The molecule has 0 spiro atoms. The van der Waals surface area contributed by atoms with Crippen LogP contribution in [0.4, 0.5) is 5.69 Å². The molecule has 1 aromatic carbocycles. The van der Waals surface area contributed by atoms with Crippen molar-refractivity contribution in [2.75, 3.05) is 11.4 Å². The van der Waals surface area contributed by atoms with E-state index in [4.69, 9.17) is 10.4 Å². The first-order valence-corrected chi connectivity index (χ1v) is 5.53. The molecule has 1 aromatic rings. The van der Waals surface area contributed by atoms with Crippen LogP contribution in [-0.2, 0) is 0 Å². The van der Waals surface area contributed by atoms with Crippen LogP contribution in [0.25, 0.3) is 0 Å². The highest BCUT2D eigenvalue weighted by atomic mass is 16.4. The highest BCUT2D eigenvalue weighted by molar-refractivity contribution is 5.88. The van der Waals surface area contributed by atoms with E-state index in [0.717, 1.165) is 5.69 Å². The zero-order valence-electron chi connectivity index (χ0n) is 10.1. The third-order valence-corrected chi connectivity index (χ3v) is 2.53. The predicted octanol–water partition coefficient (Wildman–Crippen LogP) is 2.51. The van der Waals surface area contributed by atoms with E-state index >= 15 is 0 Å². The molecule has 0 bridgehead atoms. The number of hydrogen-bond acceptors (Lipinski definition) is 3. The minimum absolute atomic E-state index is 0.276. The van der Waals surface area contributed by atoms with Gasteiger partial charge in [0, 0.05) is 18.3 Å². The summed E-state index contributed by atoms with van der Waals surface area (Å²) in [5, 5.41) is 17.4. The van der Waals surface area contributed by atoms with Crippen molar-refractivity contribution < 1.29 is 9.90 Å². The molecular weight excluding hydrogens is 216 g/mol. The number of anilines is 1. The molecule has 0 aliphatic rings. The fourth-order valence-corrected chi connectivity index (χ4v) is 1.65. The maximum Gasteiger partial charge on any atom is 0.335 e. The molecule has 4 heteroatoms. The second-order valence-corrected chi connectivity index (χ2v) is 4.05. The second kappa shape index (κ2) is 5.90. The smallest absolute Gasteiger partial charge is 0.335 e. The van der Waals surface area contributed by atoms with Crippen LogP contribution in [-0.4, -0.2) is 23.7 Å². The monoisotopic (exact) mass is 232 g/mol. The van der Waals surface area contributed by atoms with Crippen LogP contribution in [0.1, 0.15) is 30.6 Å². The van der Waals surface area contributed by atoms with Crippen LogP contribution < -0.4 is 4.90 Å². The van der Waals surface area contributed by atoms with E-state index in [1.54, 1.807) is 24.3 Å². The van der Waals surface area contributed by atoms with Crippen molar-refractivity contribution in [3.63, 3.8) is 0 Å². The van der Waals surface area contributed by atoms with Crippen LogP contribution in [0.15, 0.2) is 24.3 Å². The minimum Gasteiger partial charge on any atom is -0.478 e. The summed E-state index contributed by atoms with van der Waals surface area (Å²) in [6, 6.07) is 9.12. The molecule has 1 N–H and O–H groups in total. The lowest BCUT2D eigenvalue weighted by molar-refractivity contribution is 0.0697. The Morgan fingerprint density at radius 3 is 2.41 bits per heavy atom. The van der Waals surface area contributed by atoms with E-state index in [1.807, 2.05) is 13.8 Å². The molecule has 0 aliphatic heterocycles. The second-order valence-electron chi connectivity index (χ2n) is 4.05. The molecule has 90 valence electrons. The SMILES string of the molecule is CC(C)N(CCC#N)c1ccc(C(=O)O)cc1. The van der Waals surface area contributed by atoms with Crippen LogP contribution in [0.2, 0.25) is 0 Å². The van der Waals surface area contributed by atoms with Gasteiger partial charge in [0.1, 0.15) is 0 Å². The van der Waals surface area contributed by atoms with E-state index in [-0.39, 0.29) is 11.6 Å². The molecule has 0 radical (unpaired) electrons. The molecule has 17 heavy (non-hydrogen) atoms. The summed E-state index contributed by atoms with van der Waals surface area (Å²) in [6.07, 6.45) is 0.457. The van der Waals surface area contributed by atoms with Gasteiger partial charge in [0.25, 0.3) is 0 Å². The lowest BCUT2D eigenvalue weighted by Crippen LogP contribution is -2.31. The molecule has 0 atom stereocenters. The molecule has 0 amide bonds. The maximum atomic E-state index is 10.7. The number of aromatic carboxylic acids is 1. The Kier molecular flexibility index (Phi) is 4.53. The van der Waals surface area contributed by atoms with E-state index in [2.05, 4.69) is 11.0 Å². The van der Waals surface area contributed by atoms with Gasteiger partial charge in [-0.05, 0) is 38.1 Å². The third-order valence-electron chi connectivity index (χ3n) is 2.53. The summed E-state index contributed by atoms with van der Waals surface area (Å²) in [5.41, 5.74) is 1.22. The van der Waals surface area contributed by atoms with Crippen molar-refractivity contribution in [3.8, 4) is 6.07 Å². The zero-order chi connectivity index (χ0) is 12.8. The van der Waals surface area contributed by atoms with E-state index < -0.39 is 5.97 Å². The Balaban J connectivity index is 2.88. The van der Waals surface area contributed by atoms with Gasteiger partial charge in [-0.25, -0.2) is 4.79 Å². The summed E-state index contributed by atoms with van der Waals surface area (Å²) in [4.78, 5) is 12.8. The Bertz CT molecular complexity index is 418. The van der Waals surface area contributed by atoms with Crippen LogP contribution >= 0.6 is 0 Å². The molecule has 0 fully saturated rings. The van der Waals surface area contributed by atoms with Crippen molar-refractivity contribution in [3.05, 3.63) is 29.8 Å². The van der Waals surface area contributed by atoms with Crippen LogP contribution in [0, 0.1) is 11.3 Å². The molecular formula is C13H16N2O2. The van der Waals surface area contributed by atoms with Crippen molar-refractivity contribution >= 4 is 11.7 Å². The van der Waals surface area contributed by atoms with Gasteiger partial charge in [-0.3, -0.25) is 0 Å². The highest BCUT2D eigenvalue weighted by Crippen LogP contribution is 2.18. The zero-order valence-corrected chi connectivity index (χ0v) is 10.1. The minimum atomic E-state index is -0.926. The van der Waals surface area contributed by atoms with Crippen LogP contribution in [0.3, 0.4) is 0 Å². The standard InChI is InChI=1S/C13H16N2O2/c1-10(2)15(9-3-8-14)12-6-4-11(5-7-12)13(16)17/h4-7,10H,3,9H2,1-2H3,(H,16,17). The first-order chi connectivity index (χ1) is 8.06. The molecule has 4 nitrogen and oxygen atoms in total. The fourth-order valence-electron chi connectivity index (χ4n) is 1.65. The Morgan fingerprint density at radius 1 is 1.41 bits per heavy atom. The largest absolute Gasteiger partial charge is 0.478 e. The van der Waals surface area contributed by atoms with Crippen molar-refractivity contribution in [2.24, 2.45) is 0 Å². The van der Waals surface area contributed by atoms with Gasteiger partial charge in [0.05, 0.1) is 18.1 Å². The van der Waals surface area contributed by atoms with Gasteiger partial charge < -0.3 is 10.0 Å². The Morgan fingerprint density at radius 2 is 2.00 bits per heavy atom. The number of nitriles is 1. The van der Waals surface area contributed by atoms with E-state index in [9.17, 15) is 4.79 Å². The quantitative estimate of drug-likeness (QED) is 0.847. The summed E-state index contributed by atoms with van der Waals surface area (Å²) in [6.45, 7) is 4.74. The Labute approximate surface area is 101 Å². The first kappa shape index (κ1) is 13.0. The highest BCUT2D eigenvalue weighted by Gasteiger charge is 2.10.